The average Bonchev–Trinajstić information content (AvgIpc) is 3.11. The first-order valence-corrected chi connectivity index (χ1v) is 8.48. The van der Waals surface area contributed by atoms with E-state index in [2.05, 4.69) is 31.0 Å². The standard InChI is InChI=1S/C14H19ClN4S/c15-9-12-11-20-14(17-12)3-1-2-5-18-7-8-19-6-4-16-13(19)10-18/h4,6,11H,1-3,5,7-10H2. The van der Waals surface area contributed by atoms with Crippen LogP contribution in [0.2, 0.25) is 0 Å². The number of aromatic nitrogens is 3. The number of unbranched alkanes of at least 4 members (excludes halogenated alkanes) is 1. The first-order chi connectivity index (χ1) is 9.85. The Hall–Kier alpha value is -0.910. The van der Waals surface area contributed by atoms with Gasteiger partial charge in [0.15, 0.2) is 0 Å². The summed E-state index contributed by atoms with van der Waals surface area (Å²) in [6.07, 6.45) is 7.46. The van der Waals surface area contributed by atoms with E-state index in [1.165, 1.54) is 23.7 Å². The van der Waals surface area contributed by atoms with Crippen LogP contribution in [0.3, 0.4) is 0 Å². The highest BCUT2D eigenvalue weighted by Crippen LogP contribution is 2.15. The van der Waals surface area contributed by atoms with Gasteiger partial charge in [-0.1, -0.05) is 0 Å². The highest BCUT2D eigenvalue weighted by atomic mass is 35.5. The van der Waals surface area contributed by atoms with E-state index >= 15 is 0 Å². The van der Waals surface area contributed by atoms with Crippen LogP contribution >= 0.6 is 22.9 Å². The van der Waals surface area contributed by atoms with E-state index in [0.717, 1.165) is 38.3 Å². The van der Waals surface area contributed by atoms with Crippen LogP contribution in [0.1, 0.15) is 29.4 Å². The molecule has 0 N–H and O–H groups in total. The SMILES string of the molecule is ClCc1csc(CCCCN2CCn3ccnc3C2)n1. The molecule has 1 aliphatic rings. The minimum atomic E-state index is 0.525. The molecular formula is C14H19ClN4S. The fourth-order valence-electron chi connectivity index (χ4n) is 2.55. The second kappa shape index (κ2) is 6.70. The van der Waals surface area contributed by atoms with E-state index in [-0.39, 0.29) is 0 Å². The van der Waals surface area contributed by atoms with Gasteiger partial charge in [0, 0.05) is 30.9 Å². The van der Waals surface area contributed by atoms with Crippen LogP contribution in [-0.4, -0.2) is 32.5 Å². The number of hydrogen-bond acceptors (Lipinski definition) is 4. The van der Waals surface area contributed by atoms with Gasteiger partial charge in [-0.15, -0.1) is 22.9 Å². The van der Waals surface area contributed by atoms with Gasteiger partial charge in [-0.2, -0.15) is 0 Å². The van der Waals surface area contributed by atoms with Crippen molar-refractivity contribution < 1.29 is 0 Å². The Morgan fingerprint density at radius 2 is 2.25 bits per heavy atom. The predicted molar refractivity (Wildman–Crippen MR) is 82.1 cm³/mol. The van der Waals surface area contributed by atoms with Crippen molar-refractivity contribution in [1.82, 2.24) is 19.4 Å². The van der Waals surface area contributed by atoms with E-state index in [4.69, 9.17) is 11.6 Å². The van der Waals surface area contributed by atoms with Crippen LogP contribution < -0.4 is 0 Å². The molecule has 2 aromatic heterocycles. The molecular weight excluding hydrogens is 292 g/mol. The molecule has 0 aromatic carbocycles. The van der Waals surface area contributed by atoms with Gasteiger partial charge >= 0.3 is 0 Å². The number of fused-ring (bicyclic) bond motifs is 1. The molecule has 20 heavy (non-hydrogen) atoms. The second-order valence-corrected chi connectivity index (χ2v) is 6.35. The van der Waals surface area contributed by atoms with Crippen molar-refractivity contribution in [2.24, 2.45) is 0 Å². The van der Waals surface area contributed by atoms with Gasteiger partial charge < -0.3 is 4.57 Å². The summed E-state index contributed by atoms with van der Waals surface area (Å²) in [5.41, 5.74) is 1.01. The largest absolute Gasteiger partial charge is 0.333 e. The molecule has 1 aliphatic heterocycles. The molecule has 2 aromatic rings. The zero-order chi connectivity index (χ0) is 13.8. The molecule has 0 aliphatic carbocycles. The maximum Gasteiger partial charge on any atom is 0.122 e. The molecule has 0 saturated heterocycles. The van der Waals surface area contributed by atoms with Gasteiger partial charge in [-0.3, -0.25) is 4.90 Å². The van der Waals surface area contributed by atoms with Crippen molar-refractivity contribution in [3.8, 4) is 0 Å². The summed E-state index contributed by atoms with van der Waals surface area (Å²) in [6.45, 7) is 4.35. The molecule has 3 heterocycles. The summed E-state index contributed by atoms with van der Waals surface area (Å²) >= 11 is 7.49. The highest BCUT2D eigenvalue weighted by molar-refractivity contribution is 7.09. The van der Waals surface area contributed by atoms with Gasteiger partial charge in [0.1, 0.15) is 5.82 Å². The van der Waals surface area contributed by atoms with Crippen LogP contribution in [0.15, 0.2) is 17.8 Å². The summed E-state index contributed by atoms with van der Waals surface area (Å²) in [4.78, 5) is 11.4. The predicted octanol–water partition coefficient (Wildman–Crippen LogP) is 2.92. The average molecular weight is 311 g/mol. The van der Waals surface area contributed by atoms with Crippen molar-refractivity contribution >= 4 is 22.9 Å². The molecule has 0 saturated carbocycles. The van der Waals surface area contributed by atoms with E-state index < -0.39 is 0 Å². The van der Waals surface area contributed by atoms with Crippen LogP contribution in [0.4, 0.5) is 0 Å². The minimum absolute atomic E-state index is 0.525. The van der Waals surface area contributed by atoms with Crippen LogP contribution in [0.5, 0.6) is 0 Å². The number of rotatable bonds is 6. The summed E-state index contributed by atoms with van der Waals surface area (Å²) in [7, 11) is 0. The maximum atomic E-state index is 5.76. The third-order valence-corrected chi connectivity index (χ3v) is 4.91. The normalized spacial score (nSPS) is 15.4. The Morgan fingerprint density at radius 1 is 1.30 bits per heavy atom. The zero-order valence-electron chi connectivity index (χ0n) is 11.5. The number of thiazole rings is 1. The number of halogens is 1. The Labute approximate surface area is 128 Å². The summed E-state index contributed by atoms with van der Waals surface area (Å²) < 4.78 is 2.25. The molecule has 0 bridgehead atoms. The van der Waals surface area contributed by atoms with Crippen molar-refractivity contribution in [1.29, 1.82) is 0 Å². The molecule has 3 rings (SSSR count). The van der Waals surface area contributed by atoms with Crippen molar-refractivity contribution in [2.75, 3.05) is 13.1 Å². The van der Waals surface area contributed by atoms with Gasteiger partial charge in [0.2, 0.25) is 0 Å². The summed E-state index contributed by atoms with van der Waals surface area (Å²) in [5.74, 6) is 1.72. The Balaban J connectivity index is 1.38. The lowest BCUT2D eigenvalue weighted by Crippen LogP contribution is -2.34. The first kappa shape index (κ1) is 14.0. The van der Waals surface area contributed by atoms with Crippen molar-refractivity contribution in [2.45, 2.75) is 38.2 Å². The number of hydrogen-bond donors (Lipinski definition) is 0. The third-order valence-electron chi connectivity index (χ3n) is 3.68. The first-order valence-electron chi connectivity index (χ1n) is 7.07. The molecule has 6 heteroatoms. The van der Waals surface area contributed by atoms with E-state index in [0.29, 0.717) is 5.88 Å². The second-order valence-electron chi connectivity index (χ2n) is 5.14. The highest BCUT2D eigenvalue weighted by Gasteiger charge is 2.15. The van der Waals surface area contributed by atoms with E-state index in [1.54, 1.807) is 11.3 Å². The van der Waals surface area contributed by atoms with Crippen molar-refractivity contribution in [3.05, 3.63) is 34.3 Å². The van der Waals surface area contributed by atoms with Crippen LogP contribution in [-0.2, 0) is 25.4 Å². The van der Waals surface area contributed by atoms with Gasteiger partial charge in [-0.05, 0) is 25.8 Å². The van der Waals surface area contributed by atoms with Gasteiger partial charge in [-0.25, -0.2) is 9.97 Å². The molecule has 0 spiro atoms. The van der Waals surface area contributed by atoms with E-state index in [9.17, 15) is 0 Å². The van der Waals surface area contributed by atoms with Crippen LogP contribution in [0, 0.1) is 0 Å². The maximum absolute atomic E-state index is 5.76. The zero-order valence-corrected chi connectivity index (χ0v) is 13.0. The lowest BCUT2D eigenvalue weighted by atomic mass is 10.2. The molecule has 0 unspecified atom stereocenters. The molecule has 108 valence electrons. The fourth-order valence-corrected chi connectivity index (χ4v) is 3.62. The Morgan fingerprint density at radius 3 is 3.10 bits per heavy atom. The third kappa shape index (κ3) is 3.40. The monoisotopic (exact) mass is 310 g/mol. The summed E-state index contributed by atoms with van der Waals surface area (Å²) in [6, 6.07) is 0. The molecule has 0 radical (unpaired) electrons. The topological polar surface area (TPSA) is 34.0 Å². The minimum Gasteiger partial charge on any atom is -0.333 e. The molecule has 0 amide bonds. The fraction of sp³-hybridized carbons (Fsp3) is 0.571. The number of alkyl halides is 1. The lowest BCUT2D eigenvalue weighted by Gasteiger charge is -2.27. The molecule has 0 atom stereocenters. The molecule has 0 fully saturated rings. The smallest absolute Gasteiger partial charge is 0.122 e. The van der Waals surface area contributed by atoms with E-state index in [1.807, 2.05) is 6.20 Å². The van der Waals surface area contributed by atoms with Gasteiger partial charge in [0.25, 0.3) is 0 Å². The Bertz CT molecular complexity index is 551. The molecule has 4 nitrogen and oxygen atoms in total. The number of nitrogens with zero attached hydrogens (tertiary/aromatic N) is 4. The Kier molecular flexibility index (Phi) is 4.70. The van der Waals surface area contributed by atoms with Crippen LogP contribution in [0.25, 0.3) is 0 Å². The summed E-state index contributed by atoms with van der Waals surface area (Å²) in [5, 5.41) is 3.28. The van der Waals surface area contributed by atoms with Gasteiger partial charge in [0.05, 0.1) is 23.1 Å². The van der Waals surface area contributed by atoms with Crippen molar-refractivity contribution in [3.63, 3.8) is 0 Å². The quantitative estimate of drug-likeness (QED) is 0.608. The lowest BCUT2D eigenvalue weighted by molar-refractivity contribution is 0.213. The number of aryl methyl sites for hydroxylation is 1. The number of imidazole rings is 1.